The van der Waals surface area contributed by atoms with Crippen molar-refractivity contribution in [3.05, 3.63) is 51.7 Å². The molecule has 3 nitrogen and oxygen atoms in total. The van der Waals surface area contributed by atoms with Crippen LogP contribution in [0.3, 0.4) is 0 Å². The highest BCUT2D eigenvalue weighted by Crippen LogP contribution is 2.31. The number of rotatable bonds is 4. The number of fused-ring (bicyclic) bond motifs is 1. The smallest absolute Gasteiger partial charge is 0.325 e. The van der Waals surface area contributed by atoms with Gasteiger partial charge in [0.05, 0.1) is 13.0 Å². The van der Waals surface area contributed by atoms with E-state index in [0.29, 0.717) is 5.69 Å². The molecule has 122 valence electrons. The van der Waals surface area contributed by atoms with Crippen LogP contribution < -0.4 is 5.32 Å². The lowest BCUT2D eigenvalue weighted by Gasteiger charge is -2.17. The van der Waals surface area contributed by atoms with Crippen LogP contribution >= 0.6 is 11.3 Å². The summed E-state index contributed by atoms with van der Waals surface area (Å²) in [6.07, 6.45) is -3.95. The Morgan fingerprint density at radius 3 is 2.74 bits per heavy atom. The van der Waals surface area contributed by atoms with E-state index < -0.39 is 12.7 Å². The lowest BCUT2D eigenvalue weighted by molar-refractivity contribution is -0.147. The van der Waals surface area contributed by atoms with Gasteiger partial charge in [0, 0.05) is 23.7 Å². The zero-order chi connectivity index (χ0) is 16.4. The van der Waals surface area contributed by atoms with Gasteiger partial charge >= 0.3 is 6.18 Å². The van der Waals surface area contributed by atoms with Crippen LogP contribution in [0.4, 0.5) is 18.9 Å². The average Bonchev–Trinajstić information content (AvgIpc) is 3.06. The summed E-state index contributed by atoms with van der Waals surface area (Å²) in [6, 6.07) is 9.06. The Kier molecular flexibility index (Phi) is 4.41. The maximum Gasteiger partial charge on any atom is 0.401 e. The van der Waals surface area contributed by atoms with Crippen LogP contribution in [0.2, 0.25) is 0 Å². The highest BCUT2D eigenvalue weighted by Gasteiger charge is 2.34. The fourth-order valence-electron chi connectivity index (χ4n) is 2.74. The molecule has 7 heteroatoms. The second-order valence-electron chi connectivity index (χ2n) is 5.51. The summed E-state index contributed by atoms with van der Waals surface area (Å²) in [5.74, 6) is -0.157. The molecule has 0 bridgehead atoms. The van der Waals surface area contributed by atoms with E-state index in [9.17, 15) is 18.0 Å². The van der Waals surface area contributed by atoms with Gasteiger partial charge in [-0.25, -0.2) is 0 Å². The van der Waals surface area contributed by atoms with Crippen molar-refractivity contribution in [2.24, 2.45) is 0 Å². The number of hydrogen-bond donors (Lipinski definition) is 1. The summed E-state index contributed by atoms with van der Waals surface area (Å²) in [4.78, 5) is 14.4. The molecule has 1 N–H and O–H groups in total. The van der Waals surface area contributed by atoms with Gasteiger partial charge in [-0.2, -0.15) is 13.2 Å². The third kappa shape index (κ3) is 4.11. The predicted octanol–water partition coefficient (Wildman–Crippen LogP) is 3.81. The molecule has 1 aromatic carbocycles. The monoisotopic (exact) mass is 340 g/mol. The Labute approximate surface area is 135 Å². The number of amides is 1. The molecule has 0 unspecified atom stereocenters. The van der Waals surface area contributed by atoms with Crippen LogP contribution in [0.15, 0.2) is 35.7 Å². The van der Waals surface area contributed by atoms with Crippen molar-refractivity contribution < 1.29 is 18.0 Å². The third-order valence-corrected chi connectivity index (χ3v) is 4.52. The molecule has 0 radical (unpaired) electrons. The summed E-state index contributed by atoms with van der Waals surface area (Å²) in [6.45, 7) is -0.488. The maximum atomic E-state index is 12.5. The lowest BCUT2D eigenvalue weighted by atomic mass is 10.1. The quantitative estimate of drug-likeness (QED) is 0.918. The molecule has 3 rings (SSSR count). The number of alkyl halides is 3. The number of halogens is 3. The number of thiophene rings is 1. The number of hydrogen-bond acceptors (Lipinski definition) is 3. The fraction of sp³-hybridized carbons (Fsp3) is 0.312. The van der Waals surface area contributed by atoms with E-state index in [-0.39, 0.29) is 25.4 Å². The van der Waals surface area contributed by atoms with Gasteiger partial charge in [-0.05, 0) is 28.6 Å². The molecule has 0 aliphatic carbocycles. The average molecular weight is 340 g/mol. The highest BCUT2D eigenvalue weighted by molar-refractivity contribution is 7.10. The molecular weight excluding hydrogens is 325 g/mol. The van der Waals surface area contributed by atoms with Crippen LogP contribution in [0.5, 0.6) is 0 Å². The van der Waals surface area contributed by atoms with Gasteiger partial charge in [0.1, 0.15) is 0 Å². The molecule has 1 aromatic heterocycles. The summed E-state index contributed by atoms with van der Waals surface area (Å²) in [7, 11) is 0. The Hall–Kier alpha value is -1.86. The van der Waals surface area contributed by atoms with Crippen LogP contribution in [0.1, 0.15) is 16.0 Å². The second-order valence-corrected chi connectivity index (χ2v) is 6.54. The Morgan fingerprint density at radius 2 is 2.04 bits per heavy atom. The topological polar surface area (TPSA) is 32.3 Å². The molecule has 1 amide bonds. The second kappa shape index (κ2) is 6.33. The molecule has 1 aliphatic rings. The zero-order valence-corrected chi connectivity index (χ0v) is 13.0. The first kappa shape index (κ1) is 16.0. The summed E-state index contributed by atoms with van der Waals surface area (Å²) in [5, 5.41) is 4.72. The van der Waals surface area contributed by atoms with Crippen LogP contribution in [-0.4, -0.2) is 23.5 Å². The minimum atomic E-state index is -4.22. The molecule has 0 spiro atoms. The highest BCUT2D eigenvalue weighted by atomic mass is 32.1. The molecule has 0 fully saturated rings. The van der Waals surface area contributed by atoms with Gasteiger partial charge in [-0.15, -0.1) is 11.3 Å². The van der Waals surface area contributed by atoms with Crippen molar-refractivity contribution in [1.82, 2.24) is 4.90 Å². The van der Waals surface area contributed by atoms with Crippen LogP contribution in [0, 0.1) is 0 Å². The Bertz CT molecular complexity index is 698. The van der Waals surface area contributed by atoms with E-state index in [1.807, 2.05) is 17.5 Å². The first-order valence-corrected chi connectivity index (χ1v) is 8.01. The van der Waals surface area contributed by atoms with Crippen molar-refractivity contribution >= 4 is 22.9 Å². The maximum absolute atomic E-state index is 12.5. The van der Waals surface area contributed by atoms with Crippen molar-refractivity contribution in [2.45, 2.75) is 25.7 Å². The number of benzene rings is 1. The van der Waals surface area contributed by atoms with Gasteiger partial charge in [0.15, 0.2) is 0 Å². The normalized spacial score (nSPS) is 14.7. The van der Waals surface area contributed by atoms with E-state index in [1.54, 1.807) is 18.2 Å². The van der Waals surface area contributed by atoms with E-state index in [4.69, 9.17) is 0 Å². The van der Waals surface area contributed by atoms with Gasteiger partial charge in [0.2, 0.25) is 5.91 Å². The molecule has 2 heterocycles. The van der Waals surface area contributed by atoms with Crippen LogP contribution in [-0.2, 0) is 24.3 Å². The van der Waals surface area contributed by atoms with Crippen molar-refractivity contribution in [3.63, 3.8) is 0 Å². The minimum Gasteiger partial charge on any atom is -0.325 e. The molecule has 0 saturated heterocycles. The van der Waals surface area contributed by atoms with E-state index >= 15 is 0 Å². The van der Waals surface area contributed by atoms with Gasteiger partial charge < -0.3 is 5.32 Å². The van der Waals surface area contributed by atoms with E-state index in [2.05, 4.69) is 5.32 Å². The molecular formula is C16H15F3N2OS. The number of nitrogens with zero attached hydrogens (tertiary/aromatic N) is 1. The molecule has 0 saturated carbocycles. The Morgan fingerprint density at radius 1 is 1.22 bits per heavy atom. The van der Waals surface area contributed by atoms with Crippen molar-refractivity contribution in [2.75, 3.05) is 11.9 Å². The minimum absolute atomic E-state index is 0.157. The van der Waals surface area contributed by atoms with Gasteiger partial charge in [-0.3, -0.25) is 9.69 Å². The standard InChI is InChI=1S/C16H15F3N2OS/c17-16(18,19)10-21-8-11-3-1-5-14(13(11)9-21)20-15(22)7-12-4-2-6-23-12/h1-6H,7-10H2,(H,20,22). The zero-order valence-electron chi connectivity index (χ0n) is 12.2. The molecule has 2 aromatic rings. The first-order valence-electron chi connectivity index (χ1n) is 7.13. The van der Waals surface area contributed by atoms with E-state index in [1.165, 1.54) is 16.2 Å². The lowest BCUT2D eigenvalue weighted by Crippen LogP contribution is -2.30. The number of carbonyl (C=O) groups is 1. The molecule has 0 atom stereocenters. The van der Waals surface area contributed by atoms with Gasteiger partial charge in [-0.1, -0.05) is 18.2 Å². The van der Waals surface area contributed by atoms with Crippen molar-refractivity contribution in [1.29, 1.82) is 0 Å². The third-order valence-electron chi connectivity index (χ3n) is 3.64. The fourth-order valence-corrected chi connectivity index (χ4v) is 3.44. The summed E-state index contributed by atoms with van der Waals surface area (Å²) < 4.78 is 37.6. The molecule has 23 heavy (non-hydrogen) atoms. The predicted molar refractivity (Wildman–Crippen MR) is 83.3 cm³/mol. The number of nitrogens with one attached hydrogen (secondary N) is 1. The first-order chi connectivity index (χ1) is 10.9. The number of carbonyl (C=O) groups excluding carboxylic acids is 1. The summed E-state index contributed by atoms with van der Waals surface area (Å²) >= 11 is 1.50. The molecule has 1 aliphatic heterocycles. The van der Waals surface area contributed by atoms with Crippen LogP contribution in [0.25, 0.3) is 0 Å². The SMILES string of the molecule is O=C(Cc1cccs1)Nc1cccc2c1CN(CC(F)(F)F)C2. The number of anilines is 1. The summed E-state index contributed by atoms with van der Waals surface area (Å²) in [5.41, 5.74) is 2.22. The van der Waals surface area contributed by atoms with Crippen molar-refractivity contribution in [3.8, 4) is 0 Å². The van der Waals surface area contributed by atoms with Gasteiger partial charge in [0.25, 0.3) is 0 Å². The van der Waals surface area contributed by atoms with E-state index in [0.717, 1.165) is 16.0 Å². The Balaban J connectivity index is 1.69. The largest absolute Gasteiger partial charge is 0.401 e.